The zero-order chi connectivity index (χ0) is 19.8. The normalized spacial score (nSPS) is 24.7. The van der Waals surface area contributed by atoms with E-state index < -0.39 is 0 Å². The van der Waals surface area contributed by atoms with Crippen LogP contribution in [-0.4, -0.2) is 67.3 Å². The van der Waals surface area contributed by atoms with E-state index in [4.69, 9.17) is 0 Å². The van der Waals surface area contributed by atoms with E-state index in [0.29, 0.717) is 5.78 Å². The number of hydrogen-bond donors (Lipinski definition) is 1. The quantitative estimate of drug-likeness (QED) is 0.496. The van der Waals surface area contributed by atoms with Gasteiger partial charge in [-0.2, -0.15) is 0 Å². The Morgan fingerprint density at radius 1 is 1.00 bits per heavy atom. The minimum atomic E-state index is 0.104. The molecular weight excluding hydrogens is 338 g/mol. The summed E-state index contributed by atoms with van der Waals surface area (Å²) in [6.07, 6.45) is 4.49. The fourth-order valence-electron chi connectivity index (χ4n) is 4.32. The molecule has 0 spiro atoms. The van der Waals surface area contributed by atoms with Crippen molar-refractivity contribution in [3.8, 4) is 0 Å². The molecule has 2 fully saturated rings. The lowest BCUT2D eigenvalue weighted by Crippen LogP contribution is -2.47. The zero-order valence-electron chi connectivity index (χ0n) is 17.6. The first-order chi connectivity index (χ1) is 12.9. The summed E-state index contributed by atoms with van der Waals surface area (Å²) < 4.78 is 0. The molecule has 1 amide bonds. The van der Waals surface area contributed by atoms with Gasteiger partial charge in [0.05, 0.1) is 0 Å². The monoisotopic (exact) mass is 377 g/mol. The van der Waals surface area contributed by atoms with Gasteiger partial charge in [-0.25, -0.2) is 0 Å². The molecule has 1 saturated heterocycles. The number of rotatable bonds is 9. The Morgan fingerprint density at radius 3 is 2.11 bits per heavy atom. The molecule has 2 rings (SSSR count). The molecule has 0 bridgehead atoms. The fraction of sp³-hybridized carbons (Fsp3) is 0.818. The number of piperazine rings is 1. The molecule has 1 aliphatic heterocycles. The Kier molecular flexibility index (Phi) is 8.97. The van der Waals surface area contributed by atoms with Gasteiger partial charge >= 0.3 is 0 Å². The Balaban J connectivity index is 1.56. The molecule has 5 nitrogen and oxygen atoms in total. The number of carbonyl (C=O) groups is 2. The van der Waals surface area contributed by atoms with E-state index in [1.165, 1.54) is 5.57 Å². The van der Waals surface area contributed by atoms with Crippen molar-refractivity contribution in [3.63, 3.8) is 0 Å². The predicted octanol–water partition coefficient (Wildman–Crippen LogP) is 2.72. The first kappa shape index (κ1) is 22.1. The third-order valence-electron chi connectivity index (χ3n) is 5.98. The summed E-state index contributed by atoms with van der Waals surface area (Å²) in [6.45, 7) is 17.3. The molecule has 0 unspecified atom stereocenters. The third-order valence-corrected chi connectivity index (χ3v) is 5.98. The van der Waals surface area contributed by atoms with Crippen LogP contribution in [-0.2, 0) is 9.59 Å². The standard InChI is InChI=1S/C22H39N3O2/c1-17(2)16-25-14-12-24(13-15-25)11-5-10-23-22(27)20-8-6-19(7-9-20)21(26)18(3)4/h18-20H,1,5-16H2,2-4H3,(H,23,27). The highest BCUT2D eigenvalue weighted by Crippen LogP contribution is 2.31. The van der Waals surface area contributed by atoms with E-state index in [0.717, 1.165) is 77.9 Å². The zero-order valence-corrected chi connectivity index (χ0v) is 17.6. The molecule has 1 saturated carbocycles. The van der Waals surface area contributed by atoms with Gasteiger partial charge in [0.2, 0.25) is 5.91 Å². The molecule has 0 radical (unpaired) electrons. The first-order valence-electron chi connectivity index (χ1n) is 10.8. The van der Waals surface area contributed by atoms with Gasteiger partial charge in [-0.05, 0) is 45.6 Å². The Labute approximate surface area is 165 Å². The SMILES string of the molecule is C=C(C)CN1CCN(CCCNC(=O)C2CCC(C(=O)C(C)C)CC2)CC1. The second-order valence-corrected chi connectivity index (χ2v) is 8.83. The summed E-state index contributed by atoms with van der Waals surface area (Å²) in [5.41, 5.74) is 1.23. The third kappa shape index (κ3) is 7.38. The van der Waals surface area contributed by atoms with Crippen LogP contribution in [0.1, 0.15) is 52.9 Å². The molecule has 2 aliphatic rings. The van der Waals surface area contributed by atoms with Crippen molar-refractivity contribution < 1.29 is 9.59 Å². The van der Waals surface area contributed by atoms with Crippen LogP contribution in [0.5, 0.6) is 0 Å². The highest BCUT2D eigenvalue weighted by atomic mass is 16.2. The van der Waals surface area contributed by atoms with Crippen LogP contribution in [0.3, 0.4) is 0 Å². The van der Waals surface area contributed by atoms with Crippen LogP contribution in [0.15, 0.2) is 12.2 Å². The van der Waals surface area contributed by atoms with Gasteiger partial charge in [-0.1, -0.05) is 26.0 Å². The summed E-state index contributed by atoms with van der Waals surface area (Å²) in [5.74, 6) is 0.960. The molecule has 0 aromatic heterocycles. The van der Waals surface area contributed by atoms with Gasteiger partial charge in [0.15, 0.2) is 0 Å². The second kappa shape index (κ2) is 11.0. The molecule has 0 aromatic rings. The maximum Gasteiger partial charge on any atom is 0.223 e. The lowest BCUT2D eigenvalue weighted by atomic mass is 9.77. The Bertz CT molecular complexity index is 502. The van der Waals surface area contributed by atoms with Gasteiger partial charge in [0.1, 0.15) is 5.78 Å². The van der Waals surface area contributed by atoms with Crippen LogP contribution in [0.4, 0.5) is 0 Å². The van der Waals surface area contributed by atoms with Crippen molar-refractivity contribution in [2.45, 2.75) is 52.9 Å². The molecule has 5 heteroatoms. The molecule has 1 heterocycles. The van der Waals surface area contributed by atoms with E-state index >= 15 is 0 Å². The average Bonchev–Trinajstić information content (AvgIpc) is 2.65. The number of ketones is 1. The molecule has 154 valence electrons. The highest BCUT2D eigenvalue weighted by Gasteiger charge is 2.30. The van der Waals surface area contributed by atoms with E-state index in [2.05, 4.69) is 28.6 Å². The van der Waals surface area contributed by atoms with Gasteiger partial charge in [-0.3, -0.25) is 14.5 Å². The van der Waals surface area contributed by atoms with E-state index in [1.807, 2.05) is 13.8 Å². The fourth-order valence-corrected chi connectivity index (χ4v) is 4.32. The molecular formula is C22H39N3O2. The van der Waals surface area contributed by atoms with Crippen LogP contribution < -0.4 is 5.32 Å². The van der Waals surface area contributed by atoms with Crippen LogP contribution >= 0.6 is 0 Å². The smallest absolute Gasteiger partial charge is 0.223 e. The van der Waals surface area contributed by atoms with Crippen LogP contribution in [0.25, 0.3) is 0 Å². The van der Waals surface area contributed by atoms with Gasteiger partial charge < -0.3 is 10.2 Å². The number of amides is 1. The molecule has 1 N–H and O–H groups in total. The van der Waals surface area contributed by atoms with Crippen LogP contribution in [0.2, 0.25) is 0 Å². The number of carbonyl (C=O) groups excluding carboxylic acids is 2. The largest absolute Gasteiger partial charge is 0.356 e. The topological polar surface area (TPSA) is 52.6 Å². The number of nitrogens with one attached hydrogen (secondary N) is 1. The number of nitrogens with zero attached hydrogens (tertiary/aromatic N) is 2. The summed E-state index contributed by atoms with van der Waals surface area (Å²) in [7, 11) is 0. The van der Waals surface area contributed by atoms with Gasteiger partial charge in [0, 0.05) is 57.0 Å². The van der Waals surface area contributed by atoms with Crippen molar-refractivity contribution >= 4 is 11.7 Å². The van der Waals surface area contributed by atoms with Crippen LogP contribution in [0, 0.1) is 17.8 Å². The van der Waals surface area contributed by atoms with Crippen molar-refractivity contribution in [1.82, 2.24) is 15.1 Å². The van der Waals surface area contributed by atoms with E-state index in [-0.39, 0.29) is 23.7 Å². The minimum absolute atomic E-state index is 0.104. The summed E-state index contributed by atoms with van der Waals surface area (Å²) in [6, 6.07) is 0. The number of Topliss-reactive ketones (excluding diaryl/α,β-unsaturated/α-hetero) is 1. The minimum Gasteiger partial charge on any atom is -0.356 e. The van der Waals surface area contributed by atoms with Crippen molar-refractivity contribution in [3.05, 3.63) is 12.2 Å². The number of hydrogen-bond acceptors (Lipinski definition) is 4. The van der Waals surface area contributed by atoms with Crippen molar-refractivity contribution in [1.29, 1.82) is 0 Å². The second-order valence-electron chi connectivity index (χ2n) is 8.83. The maximum absolute atomic E-state index is 12.4. The summed E-state index contributed by atoms with van der Waals surface area (Å²) in [5, 5.41) is 3.12. The van der Waals surface area contributed by atoms with Gasteiger partial charge in [-0.15, -0.1) is 0 Å². The van der Waals surface area contributed by atoms with E-state index in [1.54, 1.807) is 0 Å². The summed E-state index contributed by atoms with van der Waals surface area (Å²) in [4.78, 5) is 29.4. The predicted molar refractivity (Wildman–Crippen MR) is 111 cm³/mol. The lowest BCUT2D eigenvalue weighted by Gasteiger charge is -2.34. The van der Waals surface area contributed by atoms with Crippen molar-refractivity contribution in [2.24, 2.45) is 17.8 Å². The molecule has 0 aromatic carbocycles. The first-order valence-corrected chi connectivity index (χ1v) is 10.8. The highest BCUT2D eigenvalue weighted by molar-refractivity contribution is 5.83. The molecule has 1 aliphatic carbocycles. The summed E-state index contributed by atoms with van der Waals surface area (Å²) >= 11 is 0. The maximum atomic E-state index is 12.4. The van der Waals surface area contributed by atoms with Gasteiger partial charge in [0.25, 0.3) is 0 Å². The lowest BCUT2D eigenvalue weighted by molar-refractivity contribution is -0.130. The Morgan fingerprint density at radius 2 is 1.56 bits per heavy atom. The van der Waals surface area contributed by atoms with E-state index in [9.17, 15) is 9.59 Å². The Hall–Kier alpha value is -1.20. The molecule has 27 heavy (non-hydrogen) atoms. The van der Waals surface area contributed by atoms with Crippen molar-refractivity contribution in [2.75, 3.05) is 45.8 Å². The average molecular weight is 378 g/mol. The molecule has 0 atom stereocenters.